The Kier molecular flexibility index (Phi) is 6.50. The molecule has 0 unspecified atom stereocenters. The summed E-state index contributed by atoms with van der Waals surface area (Å²) in [5.74, 6) is 1.24. The minimum Gasteiger partial charge on any atom is -0.481 e. The predicted molar refractivity (Wildman–Crippen MR) is 94.3 cm³/mol. The monoisotopic (exact) mass is 352 g/mol. The quantitative estimate of drug-likeness (QED) is 0.640. The summed E-state index contributed by atoms with van der Waals surface area (Å²) in [5.41, 5.74) is 1.80. The van der Waals surface area contributed by atoms with Crippen molar-refractivity contribution >= 4 is 29.2 Å². The summed E-state index contributed by atoms with van der Waals surface area (Å²) in [6.45, 7) is 1.08. The summed E-state index contributed by atoms with van der Waals surface area (Å²) >= 11 is 12.0. The molecule has 0 aliphatic carbocycles. The first kappa shape index (κ1) is 17.4. The third-order valence-corrected chi connectivity index (χ3v) is 3.70. The number of rotatable bonds is 5. The van der Waals surface area contributed by atoms with Crippen molar-refractivity contribution in [1.82, 2.24) is 15.6 Å². The number of nitrogens with one attached hydrogen (secondary N) is 2. The Morgan fingerprint density at radius 2 is 1.96 bits per heavy atom. The van der Waals surface area contributed by atoms with Crippen LogP contribution in [0.25, 0.3) is 0 Å². The number of hydrogen-bond donors (Lipinski definition) is 2. The Morgan fingerprint density at radius 3 is 2.65 bits per heavy atom. The van der Waals surface area contributed by atoms with Crippen molar-refractivity contribution in [3.05, 3.63) is 57.7 Å². The van der Waals surface area contributed by atoms with E-state index >= 15 is 0 Å². The van der Waals surface area contributed by atoms with Gasteiger partial charge in [0.15, 0.2) is 5.96 Å². The number of benzene rings is 1. The molecule has 1 aromatic carbocycles. The summed E-state index contributed by atoms with van der Waals surface area (Å²) in [6.07, 6.45) is 0. The highest BCUT2D eigenvalue weighted by atomic mass is 35.5. The van der Waals surface area contributed by atoms with Gasteiger partial charge in [0, 0.05) is 29.7 Å². The molecule has 0 saturated heterocycles. The van der Waals surface area contributed by atoms with Crippen LogP contribution in [0.2, 0.25) is 10.0 Å². The topological polar surface area (TPSA) is 58.5 Å². The van der Waals surface area contributed by atoms with E-state index in [0.29, 0.717) is 35.0 Å². The summed E-state index contributed by atoms with van der Waals surface area (Å²) in [5, 5.41) is 7.62. The molecule has 122 valence electrons. The predicted octanol–water partition coefficient (Wildman–Crippen LogP) is 3.26. The van der Waals surface area contributed by atoms with Crippen molar-refractivity contribution in [3.8, 4) is 5.88 Å². The fraction of sp³-hybridized carbons (Fsp3) is 0.250. The molecule has 2 aromatic rings. The Hall–Kier alpha value is -1.98. The Balaban J connectivity index is 1.90. The van der Waals surface area contributed by atoms with Gasteiger partial charge in [0.05, 0.1) is 19.3 Å². The maximum absolute atomic E-state index is 6.15. The molecular weight excluding hydrogens is 335 g/mol. The van der Waals surface area contributed by atoms with Crippen molar-refractivity contribution in [1.29, 1.82) is 0 Å². The van der Waals surface area contributed by atoms with Gasteiger partial charge in [-0.05, 0) is 23.8 Å². The van der Waals surface area contributed by atoms with E-state index in [-0.39, 0.29) is 0 Å². The summed E-state index contributed by atoms with van der Waals surface area (Å²) in [7, 11) is 3.30. The number of guanidine groups is 1. The largest absolute Gasteiger partial charge is 0.481 e. The number of aromatic nitrogens is 1. The lowest BCUT2D eigenvalue weighted by Crippen LogP contribution is -2.36. The Bertz CT molecular complexity index is 692. The van der Waals surface area contributed by atoms with Crippen LogP contribution in [0.4, 0.5) is 0 Å². The molecule has 0 aliphatic rings. The van der Waals surface area contributed by atoms with Gasteiger partial charge in [-0.3, -0.25) is 4.99 Å². The van der Waals surface area contributed by atoms with E-state index in [1.165, 1.54) is 0 Å². The third-order valence-electron chi connectivity index (χ3n) is 3.11. The molecule has 0 spiro atoms. The van der Waals surface area contributed by atoms with E-state index in [2.05, 4.69) is 20.6 Å². The lowest BCUT2D eigenvalue weighted by atomic mass is 10.2. The SMILES string of the molecule is CN=C(NCc1cccc(OC)n1)NCc1ccc(Cl)cc1Cl. The van der Waals surface area contributed by atoms with Gasteiger partial charge in [-0.15, -0.1) is 0 Å². The van der Waals surface area contributed by atoms with Crippen LogP contribution >= 0.6 is 23.2 Å². The summed E-state index contributed by atoms with van der Waals surface area (Å²) in [6, 6.07) is 11.0. The van der Waals surface area contributed by atoms with Gasteiger partial charge in [-0.2, -0.15) is 0 Å². The molecular formula is C16H18Cl2N4O. The van der Waals surface area contributed by atoms with Crippen molar-refractivity contribution in [2.24, 2.45) is 4.99 Å². The second kappa shape index (κ2) is 8.60. The van der Waals surface area contributed by atoms with Gasteiger partial charge in [0.2, 0.25) is 5.88 Å². The second-order valence-corrected chi connectivity index (χ2v) is 5.53. The van der Waals surface area contributed by atoms with E-state index in [1.807, 2.05) is 18.2 Å². The van der Waals surface area contributed by atoms with Crippen molar-refractivity contribution in [3.63, 3.8) is 0 Å². The zero-order chi connectivity index (χ0) is 16.7. The Labute approximate surface area is 145 Å². The first-order valence-electron chi connectivity index (χ1n) is 7.00. The van der Waals surface area contributed by atoms with Crippen LogP contribution < -0.4 is 15.4 Å². The molecule has 1 heterocycles. The number of methoxy groups -OCH3 is 1. The van der Waals surface area contributed by atoms with Crippen LogP contribution in [0.15, 0.2) is 41.4 Å². The van der Waals surface area contributed by atoms with Gasteiger partial charge in [-0.1, -0.05) is 35.3 Å². The first-order valence-corrected chi connectivity index (χ1v) is 7.76. The number of hydrogen-bond acceptors (Lipinski definition) is 3. The molecule has 0 atom stereocenters. The minimum absolute atomic E-state index is 0.533. The van der Waals surface area contributed by atoms with Crippen LogP contribution in [0.5, 0.6) is 5.88 Å². The number of halogens is 2. The van der Waals surface area contributed by atoms with Crippen LogP contribution in [0.1, 0.15) is 11.3 Å². The molecule has 2 N–H and O–H groups in total. The van der Waals surface area contributed by atoms with Gasteiger partial charge in [-0.25, -0.2) is 4.98 Å². The average molecular weight is 353 g/mol. The van der Waals surface area contributed by atoms with Gasteiger partial charge >= 0.3 is 0 Å². The molecule has 0 bridgehead atoms. The molecule has 23 heavy (non-hydrogen) atoms. The molecule has 5 nitrogen and oxygen atoms in total. The fourth-order valence-corrected chi connectivity index (χ4v) is 2.38. The molecule has 0 amide bonds. The highest BCUT2D eigenvalue weighted by Gasteiger charge is 2.04. The average Bonchev–Trinajstić information content (AvgIpc) is 2.56. The zero-order valence-electron chi connectivity index (χ0n) is 12.9. The lowest BCUT2D eigenvalue weighted by molar-refractivity contribution is 0.396. The van der Waals surface area contributed by atoms with E-state index in [4.69, 9.17) is 27.9 Å². The van der Waals surface area contributed by atoms with Crippen LogP contribution in [0.3, 0.4) is 0 Å². The van der Waals surface area contributed by atoms with E-state index in [0.717, 1.165) is 11.3 Å². The normalized spacial score (nSPS) is 11.2. The van der Waals surface area contributed by atoms with Gasteiger partial charge in [0.1, 0.15) is 0 Å². The van der Waals surface area contributed by atoms with Crippen molar-refractivity contribution < 1.29 is 4.74 Å². The highest BCUT2D eigenvalue weighted by molar-refractivity contribution is 6.35. The molecule has 0 radical (unpaired) electrons. The maximum atomic E-state index is 6.15. The number of pyridine rings is 1. The third kappa shape index (κ3) is 5.30. The molecule has 0 fully saturated rings. The fourth-order valence-electron chi connectivity index (χ4n) is 1.91. The Morgan fingerprint density at radius 1 is 1.17 bits per heavy atom. The summed E-state index contributed by atoms with van der Waals surface area (Å²) < 4.78 is 5.11. The molecule has 0 saturated carbocycles. The molecule has 2 rings (SSSR count). The molecule has 1 aromatic heterocycles. The van der Waals surface area contributed by atoms with Crippen LogP contribution in [-0.4, -0.2) is 25.1 Å². The first-order chi connectivity index (χ1) is 11.1. The highest BCUT2D eigenvalue weighted by Crippen LogP contribution is 2.20. The van der Waals surface area contributed by atoms with E-state index in [1.54, 1.807) is 32.4 Å². The summed E-state index contributed by atoms with van der Waals surface area (Å²) in [4.78, 5) is 8.51. The van der Waals surface area contributed by atoms with Gasteiger partial charge < -0.3 is 15.4 Å². The number of nitrogens with zero attached hydrogens (tertiary/aromatic N) is 2. The lowest BCUT2D eigenvalue weighted by Gasteiger charge is -2.13. The van der Waals surface area contributed by atoms with E-state index in [9.17, 15) is 0 Å². The van der Waals surface area contributed by atoms with Crippen LogP contribution in [0, 0.1) is 0 Å². The van der Waals surface area contributed by atoms with Gasteiger partial charge in [0.25, 0.3) is 0 Å². The molecule has 0 aliphatic heterocycles. The minimum atomic E-state index is 0.533. The standard InChI is InChI=1S/C16H18Cl2N4O/c1-19-16(20-9-11-6-7-12(17)8-14(11)18)21-10-13-4-3-5-15(22-13)23-2/h3-8H,9-10H2,1-2H3,(H2,19,20,21). The molecule has 7 heteroatoms. The smallest absolute Gasteiger partial charge is 0.213 e. The number of ether oxygens (including phenoxy) is 1. The van der Waals surface area contributed by atoms with Crippen molar-refractivity contribution in [2.75, 3.05) is 14.2 Å². The maximum Gasteiger partial charge on any atom is 0.213 e. The van der Waals surface area contributed by atoms with E-state index < -0.39 is 0 Å². The second-order valence-electron chi connectivity index (χ2n) is 4.69. The number of aliphatic imine (C=N–C) groups is 1. The zero-order valence-corrected chi connectivity index (χ0v) is 14.4. The van der Waals surface area contributed by atoms with Crippen molar-refractivity contribution in [2.45, 2.75) is 13.1 Å². The van der Waals surface area contributed by atoms with Crippen LogP contribution in [-0.2, 0) is 13.1 Å².